The van der Waals surface area contributed by atoms with Crippen LogP contribution in [-0.2, 0) is 4.79 Å². The monoisotopic (exact) mass is 376 g/mol. The molecule has 1 aromatic carbocycles. The minimum atomic E-state index is -0.810. The average Bonchev–Trinajstić information content (AvgIpc) is 2.56. The molecule has 27 heavy (non-hydrogen) atoms. The lowest BCUT2D eigenvalue weighted by molar-refractivity contribution is -0.139. The van der Waals surface area contributed by atoms with E-state index in [1.165, 1.54) is 0 Å². The molecule has 0 saturated heterocycles. The second-order valence-electron chi connectivity index (χ2n) is 7.50. The number of hydrogen-bond acceptors (Lipinski definition) is 4. The molecule has 150 valence electrons. The van der Waals surface area contributed by atoms with Crippen LogP contribution in [-0.4, -0.2) is 72.2 Å². The lowest BCUT2D eigenvalue weighted by Gasteiger charge is -2.42. The van der Waals surface area contributed by atoms with E-state index in [4.69, 9.17) is 5.11 Å². The lowest BCUT2D eigenvalue weighted by atomic mass is 9.85. The van der Waals surface area contributed by atoms with Gasteiger partial charge in [-0.15, -0.1) is 0 Å². The number of urea groups is 1. The van der Waals surface area contributed by atoms with Crippen molar-refractivity contribution < 1.29 is 14.7 Å². The van der Waals surface area contributed by atoms with Crippen molar-refractivity contribution in [1.82, 2.24) is 20.4 Å². The fraction of sp³-hybridized carbons (Fsp3) is 0.600. The molecule has 1 saturated carbocycles. The summed E-state index contributed by atoms with van der Waals surface area (Å²) >= 11 is 0. The summed E-state index contributed by atoms with van der Waals surface area (Å²) in [5, 5.41) is 15.0. The Morgan fingerprint density at radius 1 is 1.22 bits per heavy atom. The van der Waals surface area contributed by atoms with Gasteiger partial charge in [-0.05, 0) is 46.0 Å². The first-order chi connectivity index (χ1) is 12.8. The first kappa shape index (κ1) is 21.2. The molecule has 0 aliphatic heterocycles. The smallest absolute Gasteiger partial charge is 0.317 e. The number of carboxylic acids is 1. The van der Waals surface area contributed by atoms with Gasteiger partial charge in [0.25, 0.3) is 0 Å². The third-order valence-electron chi connectivity index (χ3n) is 5.24. The molecule has 1 fully saturated rings. The second kappa shape index (κ2) is 9.71. The molecule has 1 aromatic rings. The summed E-state index contributed by atoms with van der Waals surface area (Å²) in [6.45, 7) is 4.72. The summed E-state index contributed by atoms with van der Waals surface area (Å²) < 4.78 is 0. The molecule has 3 N–H and O–H groups in total. The predicted molar refractivity (Wildman–Crippen MR) is 106 cm³/mol. The van der Waals surface area contributed by atoms with Gasteiger partial charge in [0.1, 0.15) is 0 Å². The summed E-state index contributed by atoms with van der Waals surface area (Å²) in [4.78, 5) is 27.3. The van der Waals surface area contributed by atoms with Crippen LogP contribution in [0.1, 0.15) is 38.3 Å². The number of aliphatic carboxylic acids is 1. The number of carboxylic acid groups (broad SMARTS) is 1. The van der Waals surface area contributed by atoms with Gasteiger partial charge in [-0.25, -0.2) is 4.79 Å². The summed E-state index contributed by atoms with van der Waals surface area (Å²) in [6, 6.07) is 10.3. The minimum Gasteiger partial charge on any atom is -0.480 e. The third-order valence-corrected chi connectivity index (χ3v) is 5.24. The van der Waals surface area contributed by atoms with E-state index in [0.29, 0.717) is 6.54 Å². The quantitative estimate of drug-likeness (QED) is 0.613. The highest BCUT2D eigenvalue weighted by Gasteiger charge is 2.35. The zero-order chi connectivity index (χ0) is 20.0. The highest BCUT2D eigenvalue weighted by atomic mass is 16.4. The van der Waals surface area contributed by atoms with Gasteiger partial charge in [-0.2, -0.15) is 0 Å². The summed E-state index contributed by atoms with van der Waals surface area (Å²) in [5.74, 6) is -0.810. The van der Waals surface area contributed by atoms with Crippen molar-refractivity contribution >= 4 is 12.0 Å². The van der Waals surface area contributed by atoms with Gasteiger partial charge in [0.15, 0.2) is 0 Å². The molecule has 2 atom stereocenters. The van der Waals surface area contributed by atoms with Crippen molar-refractivity contribution in [2.75, 3.05) is 27.2 Å². The van der Waals surface area contributed by atoms with Crippen LogP contribution in [0.4, 0.5) is 4.79 Å². The van der Waals surface area contributed by atoms with E-state index in [9.17, 15) is 9.59 Å². The van der Waals surface area contributed by atoms with Crippen molar-refractivity contribution in [3.05, 3.63) is 35.9 Å². The molecule has 0 spiro atoms. The molecular weight excluding hydrogens is 344 g/mol. The van der Waals surface area contributed by atoms with Gasteiger partial charge in [0.2, 0.25) is 0 Å². The van der Waals surface area contributed by atoms with Gasteiger partial charge < -0.3 is 20.6 Å². The zero-order valence-electron chi connectivity index (χ0n) is 16.7. The van der Waals surface area contributed by atoms with Crippen LogP contribution >= 0.6 is 0 Å². The molecule has 2 unspecified atom stereocenters. The van der Waals surface area contributed by atoms with Gasteiger partial charge in [0.05, 0.1) is 12.6 Å². The number of carbonyl (C=O) groups is 2. The molecule has 1 aliphatic rings. The topological polar surface area (TPSA) is 84.9 Å². The minimum absolute atomic E-state index is 0.0543. The van der Waals surface area contributed by atoms with Gasteiger partial charge >= 0.3 is 12.0 Å². The Bertz CT molecular complexity index is 617. The summed E-state index contributed by atoms with van der Waals surface area (Å²) in [6.07, 6.45) is 1.58. The fourth-order valence-electron chi connectivity index (χ4n) is 3.87. The first-order valence-electron chi connectivity index (χ1n) is 9.56. The molecule has 0 bridgehead atoms. The largest absolute Gasteiger partial charge is 0.480 e. The molecular formula is C20H32N4O3. The van der Waals surface area contributed by atoms with Crippen molar-refractivity contribution in [2.45, 2.75) is 50.9 Å². The highest BCUT2D eigenvalue weighted by Crippen LogP contribution is 2.26. The van der Waals surface area contributed by atoms with Crippen LogP contribution in [0.5, 0.6) is 0 Å². The van der Waals surface area contributed by atoms with Crippen LogP contribution in [0.2, 0.25) is 0 Å². The van der Waals surface area contributed by atoms with Crippen LogP contribution in [0, 0.1) is 0 Å². The number of hydrogen-bond donors (Lipinski definition) is 3. The lowest BCUT2D eigenvalue weighted by Crippen LogP contribution is -2.57. The van der Waals surface area contributed by atoms with Crippen molar-refractivity contribution in [1.29, 1.82) is 0 Å². The molecule has 1 aliphatic carbocycles. The van der Waals surface area contributed by atoms with Crippen molar-refractivity contribution in [3.8, 4) is 0 Å². The maximum absolute atomic E-state index is 12.4. The Balaban J connectivity index is 1.82. The second-order valence-corrected chi connectivity index (χ2v) is 7.50. The zero-order valence-corrected chi connectivity index (χ0v) is 16.7. The normalized spacial score (nSPS) is 21.4. The Morgan fingerprint density at radius 2 is 1.85 bits per heavy atom. The van der Waals surface area contributed by atoms with E-state index in [1.54, 1.807) is 0 Å². The maximum atomic E-state index is 12.4. The maximum Gasteiger partial charge on any atom is 0.317 e. The van der Waals surface area contributed by atoms with Gasteiger partial charge in [-0.1, -0.05) is 37.3 Å². The van der Waals surface area contributed by atoms with Gasteiger partial charge in [0, 0.05) is 18.1 Å². The standard InChI is InChI=1S/C20H32N4O3/c1-5-24(13-18(25)26)17-11-16(12-17)22-20(27)21-14(2)19(23(3)4)15-9-7-6-8-10-15/h6-10,14,16-17,19H,5,11-13H2,1-4H3,(H,25,26)(H2,21,22,27). The third kappa shape index (κ3) is 5.94. The van der Waals surface area contributed by atoms with E-state index in [0.717, 1.165) is 18.4 Å². The molecule has 7 heteroatoms. The molecule has 7 nitrogen and oxygen atoms in total. The number of carbonyl (C=O) groups excluding carboxylic acids is 1. The molecule has 0 heterocycles. The number of likely N-dealkylation sites (N-methyl/N-ethyl adjacent to an activating group) is 2. The van der Waals surface area contributed by atoms with E-state index < -0.39 is 5.97 Å². The SMILES string of the molecule is CCN(CC(=O)O)C1CC(NC(=O)NC(C)C(c2ccccc2)N(C)C)C1. The first-order valence-corrected chi connectivity index (χ1v) is 9.56. The molecule has 0 aromatic heterocycles. The molecule has 2 amide bonds. The van der Waals surface area contributed by atoms with Gasteiger partial charge in [-0.3, -0.25) is 9.69 Å². The Hall–Kier alpha value is -2.12. The number of rotatable bonds is 9. The number of amides is 2. The Labute approximate surface area is 161 Å². The van der Waals surface area contributed by atoms with E-state index >= 15 is 0 Å². The van der Waals surface area contributed by atoms with Crippen molar-refractivity contribution in [2.24, 2.45) is 0 Å². The van der Waals surface area contributed by atoms with Crippen LogP contribution in [0.15, 0.2) is 30.3 Å². The van der Waals surface area contributed by atoms with Crippen LogP contribution < -0.4 is 10.6 Å². The van der Waals surface area contributed by atoms with Crippen molar-refractivity contribution in [3.63, 3.8) is 0 Å². The number of nitrogens with one attached hydrogen (secondary N) is 2. The number of benzene rings is 1. The molecule has 0 radical (unpaired) electrons. The average molecular weight is 377 g/mol. The number of nitrogens with zero attached hydrogens (tertiary/aromatic N) is 2. The van der Waals surface area contributed by atoms with Crippen LogP contribution in [0.25, 0.3) is 0 Å². The van der Waals surface area contributed by atoms with Crippen LogP contribution in [0.3, 0.4) is 0 Å². The predicted octanol–water partition coefficient (Wildman–Crippen LogP) is 1.91. The Kier molecular flexibility index (Phi) is 7.62. The molecule has 2 rings (SSSR count). The van der Waals surface area contributed by atoms with E-state index in [2.05, 4.69) is 27.7 Å². The Morgan fingerprint density at radius 3 is 2.37 bits per heavy atom. The fourth-order valence-corrected chi connectivity index (χ4v) is 3.87. The summed E-state index contributed by atoms with van der Waals surface area (Å²) in [7, 11) is 4.01. The summed E-state index contributed by atoms with van der Waals surface area (Å²) in [5.41, 5.74) is 1.16. The van der Waals surface area contributed by atoms with E-state index in [-0.39, 0.29) is 36.7 Å². The van der Waals surface area contributed by atoms with E-state index in [1.807, 2.05) is 51.0 Å². The highest BCUT2D eigenvalue weighted by molar-refractivity contribution is 5.74.